The van der Waals surface area contributed by atoms with Gasteiger partial charge in [-0.1, -0.05) is 18.2 Å². The van der Waals surface area contributed by atoms with Gasteiger partial charge in [-0.05, 0) is 38.5 Å². The van der Waals surface area contributed by atoms with Gasteiger partial charge in [-0.25, -0.2) is 4.68 Å². The van der Waals surface area contributed by atoms with Crippen molar-refractivity contribution < 1.29 is 4.79 Å². The van der Waals surface area contributed by atoms with Crippen LogP contribution in [0, 0.1) is 20.8 Å². The average molecular weight is 243 g/mol. The van der Waals surface area contributed by atoms with Gasteiger partial charge in [0.1, 0.15) is 0 Å². The first-order valence-electron chi connectivity index (χ1n) is 5.94. The summed E-state index contributed by atoms with van der Waals surface area (Å²) in [6, 6.07) is 9.79. The number of benzene rings is 1. The molecule has 0 bridgehead atoms. The summed E-state index contributed by atoms with van der Waals surface area (Å²) in [6.45, 7) is 6.01. The molecule has 0 unspecified atom stereocenters. The van der Waals surface area contributed by atoms with Crippen molar-refractivity contribution in [3.8, 4) is 0 Å². The number of carbonyl (C=O) groups is 1. The van der Waals surface area contributed by atoms with Gasteiger partial charge in [0.25, 0.3) is 5.91 Å². The average Bonchev–Trinajstić information content (AvgIpc) is 2.67. The van der Waals surface area contributed by atoms with Crippen LogP contribution in [0.2, 0.25) is 0 Å². The maximum absolute atomic E-state index is 12.0. The van der Waals surface area contributed by atoms with Crippen LogP contribution in [0.4, 0.5) is 5.69 Å². The lowest BCUT2D eigenvalue weighted by Gasteiger charge is -2.09. The Labute approximate surface area is 107 Å². The molecule has 1 aromatic carbocycles. The second kappa shape index (κ2) is 5.04. The second-order valence-corrected chi connectivity index (χ2v) is 4.40. The highest BCUT2D eigenvalue weighted by atomic mass is 16.2. The molecule has 4 heteroatoms. The van der Waals surface area contributed by atoms with E-state index in [4.69, 9.17) is 0 Å². The van der Waals surface area contributed by atoms with Crippen molar-refractivity contribution in [2.24, 2.45) is 0 Å². The van der Waals surface area contributed by atoms with Gasteiger partial charge in [-0.3, -0.25) is 4.79 Å². The van der Waals surface area contributed by atoms with Crippen LogP contribution in [0.3, 0.4) is 0 Å². The van der Waals surface area contributed by atoms with E-state index < -0.39 is 0 Å². The Bertz CT molecular complexity index is 572. The lowest BCUT2D eigenvalue weighted by Crippen LogP contribution is -2.23. The van der Waals surface area contributed by atoms with E-state index in [9.17, 15) is 4.79 Å². The molecule has 0 fully saturated rings. The van der Waals surface area contributed by atoms with E-state index in [-0.39, 0.29) is 12.5 Å². The molecule has 0 saturated carbocycles. The smallest absolute Gasteiger partial charge is 0.266 e. The van der Waals surface area contributed by atoms with Crippen molar-refractivity contribution in [1.82, 2.24) is 9.78 Å². The maximum Gasteiger partial charge on any atom is 0.266 e. The Hall–Kier alpha value is -2.10. The molecule has 0 amide bonds. The molecule has 0 saturated heterocycles. The van der Waals surface area contributed by atoms with Crippen molar-refractivity contribution in [2.75, 3.05) is 11.9 Å². The number of carbonyl (C=O) groups excluding carboxylic acids is 1. The molecule has 0 spiro atoms. The fourth-order valence-corrected chi connectivity index (χ4v) is 1.90. The maximum atomic E-state index is 12.0. The van der Waals surface area contributed by atoms with Crippen LogP contribution >= 0.6 is 0 Å². The van der Waals surface area contributed by atoms with Gasteiger partial charge in [0.15, 0.2) is 0 Å². The predicted molar refractivity (Wildman–Crippen MR) is 72.0 cm³/mol. The first-order valence-corrected chi connectivity index (χ1v) is 5.94. The summed E-state index contributed by atoms with van der Waals surface area (Å²) in [5, 5.41) is 7.31. The SMILES string of the molecule is Cc1cc(C)n(C(=O)CNc2ccccc2C)n1. The number of hydrogen-bond donors (Lipinski definition) is 1. The molecule has 0 aliphatic rings. The largest absolute Gasteiger partial charge is 0.376 e. The standard InChI is InChI=1S/C14H17N3O/c1-10-6-4-5-7-13(10)15-9-14(18)17-12(3)8-11(2)16-17/h4-8,15H,9H2,1-3H3. The number of rotatable bonds is 3. The summed E-state index contributed by atoms with van der Waals surface area (Å²) in [4.78, 5) is 12.0. The highest BCUT2D eigenvalue weighted by molar-refractivity contribution is 5.83. The lowest BCUT2D eigenvalue weighted by molar-refractivity contribution is 0.0910. The third-order valence-corrected chi connectivity index (χ3v) is 2.82. The number of aryl methyl sites for hydroxylation is 3. The predicted octanol–water partition coefficient (Wildman–Crippen LogP) is 2.56. The Morgan fingerprint density at radius 1 is 1.28 bits per heavy atom. The van der Waals surface area contributed by atoms with Gasteiger partial charge < -0.3 is 5.32 Å². The van der Waals surface area contributed by atoms with Crippen LogP contribution in [-0.2, 0) is 0 Å². The summed E-state index contributed by atoms with van der Waals surface area (Å²) in [7, 11) is 0. The van der Waals surface area contributed by atoms with E-state index in [0.29, 0.717) is 0 Å². The molecule has 0 aliphatic heterocycles. The van der Waals surface area contributed by atoms with E-state index in [2.05, 4.69) is 10.4 Å². The molecule has 18 heavy (non-hydrogen) atoms. The zero-order chi connectivity index (χ0) is 13.1. The molecule has 2 aromatic rings. The normalized spacial score (nSPS) is 10.4. The minimum atomic E-state index is -0.0520. The second-order valence-electron chi connectivity index (χ2n) is 4.40. The molecule has 0 radical (unpaired) electrons. The van der Waals surface area contributed by atoms with E-state index in [1.54, 1.807) is 0 Å². The van der Waals surface area contributed by atoms with Gasteiger partial charge in [0.05, 0.1) is 12.2 Å². The Morgan fingerprint density at radius 2 is 2.00 bits per heavy atom. The number of nitrogens with zero attached hydrogens (tertiary/aromatic N) is 2. The van der Waals surface area contributed by atoms with Crippen molar-refractivity contribution in [3.63, 3.8) is 0 Å². The summed E-state index contributed by atoms with van der Waals surface area (Å²) in [5.41, 5.74) is 3.83. The van der Waals surface area contributed by atoms with E-state index in [0.717, 1.165) is 22.6 Å². The fraction of sp³-hybridized carbons (Fsp3) is 0.286. The summed E-state index contributed by atoms with van der Waals surface area (Å²) < 4.78 is 1.45. The Kier molecular flexibility index (Phi) is 3.46. The minimum absolute atomic E-state index is 0.0520. The third-order valence-electron chi connectivity index (χ3n) is 2.82. The summed E-state index contributed by atoms with van der Waals surface area (Å²) >= 11 is 0. The molecule has 0 aliphatic carbocycles. The molecular formula is C14H17N3O. The summed E-state index contributed by atoms with van der Waals surface area (Å²) in [5.74, 6) is -0.0520. The summed E-state index contributed by atoms with van der Waals surface area (Å²) in [6.07, 6.45) is 0. The number of para-hydroxylation sites is 1. The van der Waals surface area contributed by atoms with Crippen LogP contribution in [0.1, 0.15) is 21.7 Å². The van der Waals surface area contributed by atoms with Crippen molar-refractivity contribution >= 4 is 11.6 Å². The van der Waals surface area contributed by atoms with Crippen molar-refractivity contribution in [1.29, 1.82) is 0 Å². The third kappa shape index (κ3) is 2.59. The van der Waals surface area contributed by atoms with Gasteiger partial charge in [-0.2, -0.15) is 5.10 Å². The van der Waals surface area contributed by atoms with Crippen LogP contribution in [0.15, 0.2) is 30.3 Å². The molecule has 1 aromatic heterocycles. The first-order chi connectivity index (χ1) is 8.58. The van der Waals surface area contributed by atoms with Gasteiger partial charge in [0.2, 0.25) is 0 Å². The number of nitrogens with one attached hydrogen (secondary N) is 1. The van der Waals surface area contributed by atoms with Crippen LogP contribution < -0.4 is 5.32 Å². The van der Waals surface area contributed by atoms with E-state index >= 15 is 0 Å². The molecule has 0 atom stereocenters. The number of hydrogen-bond acceptors (Lipinski definition) is 3. The quantitative estimate of drug-likeness (QED) is 0.901. The molecule has 2 rings (SSSR count). The van der Waals surface area contributed by atoms with Crippen molar-refractivity contribution in [3.05, 3.63) is 47.3 Å². The van der Waals surface area contributed by atoms with E-state index in [1.807, 2.05) is 51.1 Å². The monoisotopic (exact) mass is 243 g/mol. The molecule has 1 N–H and O–H groups in total. The van der Waals surface area contributed by atoms with Gasteiger partial charge in [0, 0.05) is 11.4 Å². The lowest BCUT2D eigenvalue weighted by atomic mass is 10.2. The van der Waals surface area contributed by atoms with E-state index in [1.165, 1.54) is 4.68 Å². The Balaban J connectivity index is 2.05. The number of aromatic nitrogens is 2. The molecule has 4 nitrogen and oxygen atoms in total. The number of anilines is 1. The topological polar surface area (TPSA) is 46.9 Å². The molecule has 94 valence electrons. The van der Waals surface area contributed by atoms with Gasteiger partial charge >= 0.3 is 0 Å². The van der Waals surface area contributed by atoms with Crippen LogP contribution in [-0.4, -0.2) is 22.2 Å². The Morgan fingerprint density at radius 3 is 2.61 bits per heavy atom. The zero-order valence-electron chi connectivity index (χ0n) is 10.9. The highest BCUT2D eigenvalue weighted by Crippen LogP contribution is 2.12. The van der Waals surface area contributed by atoms with Crippen molar-refractivity contribution in [2.45, 2.75) is 20.8 Å². The zero-order valence-corrected chi connectivity index (χ0v) is 10.9. The molecular weight excluding hydrogens is 226 g/mol. The highest BCUT2D eigenvalue weighted by Gasteiger charge is 2.09. The van der Waals surface area contributed by atoms with Crippen LogP contribution in [0.25, 0.3) is 0 Å². The fourth-order valence-electron chi connectivity index (χ4n) is 1.90. The first kappa shape index (κ1) is 12.4. The van der Waals surface area contributed by atoms with Crippen LogP contribution in [0.5, 0.6) is 0 Å². The van der Waals surface area contributed by atoms with Gasteiger partial charge in [-0.15, -0.1) is 0 Å². The minimum Gasteiger partial charge on any atom is -0.376 e. The molecule has 1 heterocycles.